The van der Waals surface area contributed by atoms with Crippen molar-refractivity contribution in [2.24, 2.45) is 0 Å². The van der Waals surface area contributed by atoms with E-state index in [9.17, 15) is 18.0 Å². The Morgan fingerprint density at radius 1 is 1.21 bits per heavy atom. The largest absolute Gasteiger partial charge is 0.296 e. The van der Waals surface area contributed by atoms with Gasteiger partial charge in [0.2, 0.25) is 5.78 Å². The molecule has 0 radical (unpaired) electrons. The van der Waals surface area contributed by atoms with E-state index in [1.807, 2.05) is 0 Å². The monoisotopic (exact) mass is 394 g/mol. The van der Waals surface area contributed by atoms with Gasteiger partial charge in [0.15, 0.2) is 23.1 Å². The van der Waals surface area contributed by atoms with Gasteiger partial charge in [-0.3, -0.25) is 9.20 Å². The zero-order valence-electron chi connectivity index (χ0n) is 12.2. The normalized spacial score (nSPS) is 14.3. The molecule has 1 saturated carbocycles. The van der Waals surface area contributed by atoms with E-state index in [1.54, 1.807) is 22.7 Å². The van der Waals surface area contributed by atoms with Gasteiger partial charge in [0.25, 0.3) is 0 Å². The molecule has 1 aromatic carbocycles. The second kappa shape index (κ2) is 5.44. The lowest BCUT2D eigenvalue weighted by molar-refractivity contribution is 0.103. The number of ketones is 1. The number of halogens is 4. The van der Waals surface area contributed by atoms with E-state index in [0.717, 1.165) is 25.0 Å². The van der Waals surface area contributed by atoms with E-state index >= 15 is 0 Å². The average Bonchev–Trinajstić information content (AvgIpc) is 3.32. The first-order valence-corrected chi connectivity index (χ1v) is 8.12. The summed E-state index contributed by atoms with van der Waals surface area (Å²) in [6.07, 6.45) is 3.49. The minimum absolute atomic E-state index is 0.158. The maximum absolute atomic E-state index is 13.5. The number of hydrogen-bond acceptors (Lipinski definition) is 2. The summed E-state index contributed by atoms with van der Waals surface area (Å²) < 4.78 is 42.5. The highest BCUT2D eigenvalue weighted by Gasteiger charge is 2.33. The first kappa shape index (κ1) is 15.4. The zero-order valence-corrected chi connectivity index (χ0v) is 13.8. The third-order valence-corrected chi connectivity index (χ3v) is 4.67. The molecule has 0 bridgehead atoms. The fraction of sp³-hybridized carbons (Fsp3) is 0.176. The SMILES string of the molecule is O=C(c1cc(F)c(F)c(F)c1)c1c(C2CC2)nc2c(Br)cccn12. The molecule has 0 amide bonds. The molecule has 1 fully saturated rings. The number of nitrogens with zero attached hydrogens (tertiary/aromatic N) is 2. The van der Waals surface area contributed by atoms with Crippen molar-refractivity contribution < 1.29 is 18.0 Å². The van der Waals surface area contributed by atoms with Gasteiger partial charge in [-0.15, -0.1) is 0 Å². The van der Waals surface area contributed by atoms with E-state index in [0.29, 0.717) is 15.8 Å². The molecule has 0 N–H and O–H groups in total. The lowest BCUT2D eigenvalue weighted by atomic mass is 10.0. The van der Waals surface area contributed by atoms with E-state index in [2.05, 4.69) is 20.9 Å². The molecule has 0 aliphatic heterocycles. The smallest absolute Gasteiger partial charge is 0.211 e. The second-order valence-corrected chi connectivity index (χ2v) is 6.61. The van der Waals surface area contributed by atoms with Gasteiger partial charge in [-0.2, -0.15) is 0 Å². The van der Waals surface area contributed by atoms with E-state index in [1.165, 1.54) is 0 Å². The highest BCUT2D eigenvalue weighted by molar-refractivity contribution is 9.10. The maximum Gasteiger partial charge on any atom is 0.211 e. The molecule has 0 spiro atoms. The minimum atomic E-state index is -1.59. The van der Waals surface area contributed by atoms with Crippen molar-refractivity contribution in [3.05, 3.63) is 69.3 Å². The van der Waals surface area contributed by atoms with Crippen LogP contribution in [-0.2, 0) is 0 Å². The van der Waals surface area contributed by atoms with Crippen LogP contribution in [0.4, 0.5) is 13.2 Å². The number of rotatable bonds is 3. The number of fused-ring (bicyclic) bond motifs is 1. The second-order valence-electron chi connectivity index (χ2n) is 5.75. The van der Waals surface area contributed by atoms with Crippen molar-refractivity contribution in [2.75, 3.05) is 0 Å². The molecule has 0 saturated heterocycles. The molecular weight excluding hydrogens is 385 g/mol. The van der Waals surface area contributed by atoms with E-state index in [-0.39, 0.29) is 17.2 Å². The van der Waals surface area contributed by atoms with Crippen molar-refractivity contribution in [2.45, 2.75) is 18.8 Å². The molecule has 1 aliphatic carbocycles. The van der Waals surface area contributed by atoms with Crippen molar-refractivity contribution in [3.8, 4) is 0 Å². The predicted octanol–water partition coefficient (Wildman–Crippen LogP) is 4.62. The van der Waals surface area contributed by atoms with Crippen LogP contribution < -0.4 is 0 Å². The summed E-state index contributed by atoms with van der Waals surface area (Å²) in [5, 5.41) is 0. The third kappa shape index (κ3) is 2.34. The molecule has 1 aliphatic rings. The zero-order chi connectivity index (χ0) is 17.0. The molecule has 3 nitrogen and oxygen atoms in total. The van der Waals surface area contributed by atoms with Gasteiger partial charge in [0, 0.05) is 17.7 Å². The number of imidazole rings is 1. The highest BCUT2D eigenvalue weighted by Crippen LogP contribution is 2.42. The van der Waals surface area contributed by atoms with Crippen molar-refractivity contribution in [1.29, 1.82) is 0 Å². The first-order chi connectivity index (χ1) is 11.5. The van der Waals surface area contributed by atoms with Crippen molar-refractivity contribution in [3.63, 3.8) is 0 Å². The highest BCUT2D eigenvalue weighted by atomic mass is 79.9. The summed E-state index contributed by atoms with van der Waals surface area (Å²) in [4.78, 5) is 17.4. The number of carbonyl (C=O) groups is 1. The van der Waals surface area contributed by atoms with E-state index < -0.39 is 23.2 Å². The molecule has 0 atom stereocenters. The summed E-state index contributed by atoms with van der Waals surface area (Å²) >= 11 is 3.39. The molecule has 122 valence electrons. The number of benzene rings is 1. The summed E-state index contributed by atoms with van der Waals surface area (Å²) in [5.41, 5.74) is 1.19. The predicted molar refractivity (Wildman–Crippen MR) is 84.6 cm³/mol. The van der Waals surface area contributed by atoms with Crippen LogP contribution in [0.15, 0.2) is 34.9 Å². The number of pyridine rings is 1. The average molecular weight is 395 g/mol. The maximum atomic E-state index is 13.5. The Labute approximate surface area is 143 Å². The summed E-state index contributed by atoms with van der Waals surface area (Å²) in [7, 11) is 0. The Balaban J connectivity index is 1.94. The summed E-state index contributed by atoms with van der Waals surface area (Å²) in [6.45, 7) is 0. The molecule has 0 unspecified atom stereocenters. The van der Waals surface area contributed by atoms with Crippen LogP contribution in [0.2, 0.25) is 0 Å². The lowest BCUT2D eigenvalue weighted by Crippen LogP contribution is -2.10. The summed E-state index contributed by atoms with van der Waals surface area (Å²) in [6, 6.07) is 4.96. The molecule has 2 heterocycles. The van der Waals surface area contributed by atoms with Crippen LogP contribution in [-0.4, -0.2) is 15.2 Å². The van der Waals surface area contributed by atoms with Crippen LogP contribution in [0, 0.1) is 17.5 Å². The number of carbonyl (C=O) groups excluding carboxylic acids is 1. The lowest BCUT2D eigenvalue weighted by Gasteiger charge is -2.06. The van der Waals surface area contributed by atoms with Gasteiger partial charge in [-0.1, -0.05) is 0 Å². The van der Waals surface area contributed by atoms with Crippen LogP contribution in [0.5, 0.6) is 0 Å². The Morgan fingerprint density at radius 3 is 2.50 bits per heavy atom. The Hall–Kier alpha value is -2.15. The van der Waals surface area contributed by atoms with Crippen LogP contribution >= 0.6 is 15.9 Å². The Bertz CT molecular complexity index is 972. The topological polar surface area (TPSA) is 34.4 Å². The first-order valence-electron chi connectivity index (χ1n) is 7.33. The summed E-state index contributed by atoms with van der Waals surface area (Å²) in [5.74, 6) is -4.79. The molecular formula is C17H10BrF3N2O. The van der Waals surface area contributed by atoms with Gasteiger partial charge in [0.1, 0.15) is 5.69 Å². The van der Waals surface area contributed by atoms with Crippen molar-refractivity contribution >= 4 is 27.4 Å². The minimum Gasteiger partial charge on any atom is -0.296 e. The molecule has 4 rings (SSSR count). The van der Waals surface area contributed by atoms with E-state index in [4.69, 9.17) is 0 Å². The quantitative estimate of drug-likeness (QED) is 0.479. The standard InChI is InChI=1S/C17H10BrF3N2O/c18-10-2-1-5-23-15(14(8-3-4-8)22-17(10)23)16(24)9-6-11(19)13(21)12(20)7-9/h1-2,5-8H,3-4H2. The van der Waals surface area contributed by atoms with Crippen LogP contribution in [0.1, 0.15) is 40.5 Å². The van der Waals surface area contributed by atoms with Gasteiger partial charge in [-0.05, 0) is 53.0 Å². The van der Waals surface area contributed by atoms with Crippen molar-refractivity contribution in [1.82, 2.24) is 9.38 Å². The van der Waals surface area contributed by atoms with Gasteiger partial charge >= 0.3 is 0 Å². The number of hydrogen-bond donors (Lipinski definition) is 0. The fourth-order valence-corrected chi connectivity index (χ4v) is 3.17. The molecule has 3 aromatic rings. The Morgan fingerprint density at radius 2 is 1.88 bits per heavy atom. The van der Waals surface area contributed by atoms with Gasteiger partial charge in [-0.25, -0.2) is 18.2 Å². The van der Waals surface area contributed by atoms with Gasteiger partial charge in [0.05, 0.1) is 10.2 Å². The molecule has 24 heavy (non-hydrogen) atoms. The molecule has 7 heteroatoms. The van der Waals surface area contributed by atoms with Crippen LogP contribution in [0.3, 0.4) is 0 Å². The molecule has 2 aromatic heterocycles. The number of aromatic nitrogens is 2. The Kier molecular flexibility index (Phi) is 3.49. The van der Waals surface area contributed by atoms with Gasteiger partial charge < -0.3 is 0 Å². The third-order valence-electron chi connectivity index (χ3n) is 4.05. The van der Waals surface area contributed by atoms with Crippen LogP contribution in [0.25, 0.3) is 5.65 Å². The fourth-order valence-electron chi connectivity index (χ4n) is 2.74.